The number of aromatic nitrogens is 2. The van der Waals surface area contributed by atoms with Crippen molar-refractivity contribution in [1.29, 1.82) is 0 Å². The Morgan fingerprint density at radius 3 is 2.94 bits per heavy atom. The summed E-state index contributed by atoms with van der Waals surface area (Å²) < 4.78 is 5.14. The second-order valence-corrected chi connectivity index (χ2v) is 4.53. The lowest BCUT2D eigenvalue weighted by Crippen LogP contribution is -1.92. The molecule has 5 heteroatoms. The number of aliphatic hydroxyl groups excluding tert-OH is 1. The molecule has 0 bridgehead atoms. The van der Waals surface area contributed by atoms with E-state index in [0.717, 1.165) is 18.4 Å². The van der Waals surface area contributed by atoms with Crippen molar-refractivity contribution < 1.29 is 9.63 Å². The molecular weight excluding hydrogens is 252 g/mol. The van der Waals surface area contributed by atoms with Gasteiger partial charge in [0.1, 0.15) is 0 Å². The van der Waals surface area contributed by atoms with Crippen molar-refractivity contribution in [2.75, 3.05) is 6.61 Å². The Kier molecular flexibility index (Phi) is 4.73. The first-order valence-corrected chi connectivity index (χ1v) is 6.32. The first-order chi connectivity index (χ1) is 8.78. The second-order valence-electron chi connectivity index (χ2n) is 4.09. The maximum atomic E-state index is 8.69. The molecule has 0 atom stereocenters. The zero-order chi connectivity index (χ0) is 12.8. The van der Waals surface area contributed by atoms with E-state index in [4.69, 9.17) is 21.2 Å². The van der Waals surface area contributed by atoms with Gasteiger partial charge in [0.15, 0.2) is 5.82 Å². The van der Waals surface area contributed by atoms with Crippen LogP contribution in [0, 0.1) is 0 Å². The van der Waals surface area contributed by atoms with Crippen molar-refractivity contribution in [2.45, 2.75) is 25.7 Å². The standard InChI is InChI=1S/C13H15ClN2O2/c14-11-5-3-4-10(8-11)9-12-15-13(18-16-12)6-1-2-7-17/h3-5,8,17H,1-2,6-7,9H2. The summed E-state index contributed by atoms with van der Waals surface area (Å²) in [6.07, 6.45) is 2.94. The zero-order valence-corrected chi connectivity index (χ0v) is 10.7. The molecule has 1 aromatic carbocycles. The fraction of sp³-hybridized carbons (Fsp3) is 0.385. The summed E-state index contributed by atoms with van der Waals surface area (Å²) >= 11 is 5.91. The van der Waals surface area contributed by atoms with Gasteiger partial charge >= 0.3 is 0 Å². The molecular formula is C13H15ClN2O2. The lowest BCUT2D eigenvalue weighted by molar-refractivity contribution is 0.280. The quantitative estimate of drug-likeness (QED) is 0.817. The molecule has 0 aliphatic carbocycles. The summed E-state index contributed by atoms with van der Waals surface area (Å²) in [5, 5.41) is 13.3. The average Bonchev–Trinajstić information content (AvgIpc) is 2.77. The fourth-order valence-electron chi connectivity index (χ4n) is 1.68. The number of rotatable bonds is 6. The van der Waals surface area contributed by atoms with Crippen LogP contribution in [0.25, 0.3) is 0 Å². The Morgan fingerprint density at radius 1 is 1.28 bits per heavy atom. The van der Waals surface area contributed by atoms with Crippen molar-refractivity contribution in [3.05, 3.63) is 46.6 Å². The lowest BCUT2D eigenvalue weighted by Gasteiger charge is -1.96. The molecule has 0 spiro atoms. The van der Waals surface area contributed by atoms with Crippen LogP contribution in [0.3, 0.4) is 0 Å². The van der Waals surface area contributed by atoms with Gasteiger partial charge in [-0.1, -0.05) is 28.9 Å². The molecule has 1 aromatic heterocycles. The molecule has 0 saturated heterocycles. The highest BCUT2D eigenvalue weighted by atomic mass is 35.5. The third kappa shape index (κ3) is 3.82. The minimum absolute atomic E-state index is 0.198. The Balaban J connectivity index is 1.94. The summed E-state index contributed by atoms with van der Waals surface area (Å²) in [4.78, 5) is 4.30. The highest BCUT2D eigenvalue weighted by Gasteiger charge is 2.07. The van der Waals surface area contributed by atoms with Crippen LogP contribution < -0.4 is 0 Å². The van der Waals surface area contributed by atoms with Gasteiger partial charge in [0.05, 0.1) is 0 Å². The van der Waals surface area contributed by atoms with Gasteiger partial charge in [-0.2, -0.15) is 4.98 Å². The van der Waals surface area contributed by atoms with E-state index >= 15 is 0 Å². The molecule has 2 rings (SSSR count). The van der Waals surface area contributed by atoms with Gasteiger partial charge in [0.2, 0.25) is 5.89 Å². The van der Waals surface area contributed by atoms with Crippen molar-refractivity contribution >= 4 is 11.6 Å². The van der Waals surface area contributed by atoms with E-state index in [2.05, 4.69) is 10.1 Å². The molecule has 96 valence electrons. The van der Waals surface area contributed by atoms with Crippen molar-refractivity contribution in [3.63, 3.8) is 0 Å². The van der Waals surface area contributed by atoms with E-state index in [0.29, 0.717) is 29.6 Å². The number of aliphatic hydroxyl groups is 1. The number of hydrogen-bond donors (Lipinski definition) is 1. The Hall–Kier alpha value is -1.39. The number of halogens is 1. The van der Waals surface area contributed by atoms with Crippen LogP contribution in [0.4, 0.5) is 0 Å². The first kappa shape index (κ1) is 13.1. The minimum atomic E-state index is 0.198. The molecule has 1 N–H and O–H groups in total. The molecule has 0 saturated carbocycles. The maximum absolute atomic E-state index is 8.69. The summed E-state index contributed by atoms with van der Waals surface area (Å²) in [6.45, 7) is 0.198. The predicted octanol–water partition coefficient (Wildman–Crippen LogP) is 2.63. The largest absolute Gasteiger partial charge is 0.396 e. The molecule has 0 unspecified atom stereocenters. The molecule has 0 aliphatic heterocycles. The zero-order valence-electron chi connectivity index (χ0n) is 9.97. The highest BCUT2D eigenvalue weighted by molar-refractivity contribution is 6.30. The SMILES string of the molecule is OCCCCc1nc(Cc2cccc(Cl)c2)no1. The first-order valence-electron chi connectivity index (χ1n) is 5.94. The Labute approximate surface area is 111 Å². The molecule has 18 heavy (non-hydrogen) atoms. The average molecular weight is 267 g/mol. The van der Waals surface area contributed by atoms with Gasteiger partial charge in [-0.05, 0) is 30.5 Å². The molecule has 0 amide bonds. The summed E-state index contributed by atoms with van der Waals surface area (Å²) in [7, 11) is 0. The summed E-state index contributed by atoms with van der Waals surface area (Å²) in [5.41, 5.74) is 1.06. The Morgan fingerprint density at radius 2 is 2.17 bits per heavy atom. The molecule has 2 aromatic rings. The van der Waals surface area contributed by atoms with Crippen LogP contribution in [-0.2, 0) is 12.8 Å². The molecule has 0 aliphatic rings. The van der Waals surface area contributed by atoms with E-state index < -0.39 is 0 Å². The smallest absolute Gasteiger partial charge is 0.226 e. The number of unbranched alkanes of at least 4 members (excludes halogenated alkanes) is 1. The van der Waals surface area contributed by atoms with Crippen molar-refractivity contribution in [3.8, 4) is 0 Å². The predicted molar refractivity (Wildman–Crippen MR) is 68.6 cm³/mol. The van der Waals surface area contributed by atoms with Gasteiger partial charge < -0.3 is 9.63 Å². The molecule has 0 radical (unpaired) electrons. The number of benzene rings is 1. The van der Waals surface area contributed by atoms with E-state index in [1.54, 1.807) is 0 Å². The van der Waals surface area contributed by atoms with Crippen LogP contribution in [-0.4, -0.2) is 21.9 Å². The van der Waals surface area contributed by atoms with Crippen LogP contribution in [0.1, 0.15) is 30.1 Å². The maximum Gasteiger partial charge on any atom is 0.226 e. The van der Waals surface area contributed by atoms with Gasteiger partial charge in [0.25, 0.3) is 0 Å². The van der Waals surface area contributed by atoms with Gasteiger partial charge in [0, 0.05) is 24.5 Å². The van der Waals surface area contributed by atoms with Crippen molar-refractivity contribution in [2.24, 2.45) is 0 Å². The monoisotopic (exact) mass is 266 g/mol. The topological polar surface area (TPSA) is 59.2 Å². The summed E-state index contributed by atoms with van der Waals surface area (Å²) in [6, 6.07) is 7.61. The van der Waals surface area contributed by atoms with E-state index in [9.17, 15) is 0 Å². The fourth-order valence-corrected chi connectivity index (χ4v) is 1.89. The van der Waals surface area contributed by atoms with E-state index in [1.807, 2.05) is 24.3 Å². The van der Waals surface area contributed by atoms with Crippen LogP contribution in [0.2, 0.25) is 5.02 Å². The van der Waals surface area contributed by atoms with E-state index in [-0.39, 0.29) is 6.61 Å². The van der Waals surface area contributed by atoms with Crippen LogP contribution >= 0.6 is 11.6 Å². The molecule has 4 nitrogen and oxygen atoms in total. The summed E-state index contributed by atoms with van der Waals surface area (Å²) in [5.74, 6) is 1.29. The van der Waals surface area contributed by atoms with E-state index in [1.165, 1.54) is 0 Å². The molecule has 0 fully saturated rings. The normalized spacial score (nSPS) is 10.8. The lowest BCUT2D eigenvalue weighted by atomic mass is 10.1. The van der Waals surface area contributed by atoms with Gasteiger partial charge in [-0.25, -0.2) is 0 Å². The second kappa shape index (κ2) is 6.52. The Bertz CT molecular complexity index is 499. The third-order valence-corrected chi connectivity index (χ3v) is 2.80. The molecule has 1 heterocycles. The number of hydrogen-bond acceptors (Lipinski definition) is 4. The number of nitrogens with zero attached hydrogens (tertiary/aromatic N) is 2. The van der Waals surface area contributed by atoms with Crippen LogP contribution in [0.5, 0.6) is 0 Å². The number of aryl methyl sites for hydroxylation is 1. The van der Waals surface area contributed by atoms with Crippen molar-refractivity contribution in [1.82, 2.24) is 10.1 Å². The minimum Gasteiger partial charge on any atom is -0.396 e. The third-order valence-electron chi connectivity index (χ3n) is 2.56. The van der Waals surface area contributed by atoms with Gasteiger partial charge in [-0.15, -0.1) is 0 Å². The van der Waals surface area contributed by atoms with Crippen LogP contribution in [0.15, 0.2) is 28.8 Å². The van der Waals surface area contributed by atoms with Gasteiger partial charge in [-0.3, -0.25) is 0 Å². The highest BCUT2D eigenvalue weighted by Crippen LogP contribution is 2.13.